The second kappa shape index (κ2) is 7.00. The number of fused-ring (bicyclic) bond motifs is 1. The Labute approximate surface area is 151 Å². The average Bonchev–Trinajstić information content (AvgIpc) is 3.02. The molecule has 0 radical (unpaired) electrons. The molecule has 1 aliphatic carbocycles. The Morgan fingerprint density at radius 2 is 1.81 bits per heavy atom. The normalized spacial score (nSPS) is 13.8. The second-order valence-corrected chi connectivity index (χ2v) is 6.93. The van der Waals surface area contributed by atoms with E-state index in [0.29, 0.717) is 13.1 Å². The molecule has 0 saturated heterocycles. The van der Waals surface area contributed by atoms with E-state index >= 15 is 0 Å². The molecule has 0 unspecified atom stereocenters. The van der Waals surface area contributed by atoms with Gasteiger partial charge < -0.3 is 10.2 Å². The Hall–Kier alpha value is -2.52. The fraction of sp³-hybridized carbons (Fsp3) is 0.235. The smallest absolute Gasteiger partial charge is 0.228 e. The molecule has 0 bridgehead atoms. The van der Waals surface area contributed by atoms with Crippen LogP contribution in [0.5, 0.6) is 0 Å². The second-order valence-electron chi connectivity index (χ2n) is 5.93. The van der Waals surface area contributed by atoms with Crippen LogP contribution in [-0.2, 0) is 0 Å². The van der Waals surface area contributed by atoms with Crippen molar-refractivity contribution >= 4 is 22.9 Å². The highest BCUT2D eigenvalue weighted by atomic mass is 32.1. The maximum absolute atomic E-state index is 13.4. The summed E-state index contributed by atoms with van der Waals surface area (Å²) < 4.78 is 40.0. The van der Waals surface area contributed by atoms with Crippen LogP contribution in [-0.4, -0.2) is 48.6 Å². The van der Waals surface area contributed by atoms with E-state index < -0.39 is 29.0 Å². The summed E-state index contributed by atoms with van der Waals surface area (Å²) in [6.07, 6.45) is 1.19. The third-order valence-corrected chi connectivity index (χ3v) is 4.81. The molecule has 0 amide bonds. The van der Waals surface area contributed by atoms with E-state index in [1.54, 1.807) is 0 Å². The van der Waals surface area contributed by atoms with Crippen molar-refractivity contribution in [1.82, 2.24) is 15.2 Å². The molecule has 0 atom stereocenters. The molecule has 3 rings (SSSR count). The Bertz CT molecular complexity index is 914. The number of carbonyl (C=O) groups excluding carboxylic acids is 2. The summed E-state index contributed by atoms with van der Waals surface area (Å²) >= 11 is 0.836. The lowest BCUT2D eigenvalue weighted by Gasteiger charge is -2.15. The summed E-state index contributed by atoms with van der Waals surface area (Å²) in [6, 6.07) is 1.56. The number of allylic oxidation sites excluding steroid dienone is 2. The van der Waals surface area contributed by atoms with Crippen molar-refractivity contribution in [3.63, 3.8) is 0 Å². The van der Waals surface area contributed by atoms with Crippen molar-refractivity contribution in [2.45, 2.75) is 0 Å². The maximum Gasteiger partial charge on any atom is 0.228 e. The minimum Gasteiger partial charge on any atom is -0.380 e. The van der Waals surface area contributed by atoms with E-state index in [-0.39, 0.29) is 26.8 Å². The zero-order valence-electron chi connectivity index (χ0n) is 13.9. The molecular formula is C17H14F3N3O2S. The molecule has 1 N–H and O–H groups in total. The van der Waals surface area contributed by atoms with Crippen LogP contribution in [0.2, 0.25) is 0 Å². The number of likely N-dealkylation sites (N-methyl/N-ethyl adjacent to an activating group) is 1. The molecule has 5 nitrogen and oxygen atoms in total. The van der Waals surface area contributed by atoms with Crippen LogP contribution in [0.25, 0.3) is 10.6 Å². The number of carbonyl (C=O) groups is 2. The van der Waals surface area contributed by atoms with E-state index in [1.807, 2.05) is 19.0 Å². The first kappa shape index (κ1) is 18.3. The first-order chi connectivity index (χ1) is 12.3. The molecule has 1 heterocycles. The van der Waals surface area contributed by atoms with Gasteiger partial charge in [-0.3, -0.25) is 9.59 Å². The number of Topliss-reactive ketones (excluding diaryl/α,β-unsaturated/α-hetero) is 1. The first-order valence-electron chi connectivity index (χ1n) is 7.63. The summed E-state index contributed by atoms with van der Waals surface area (Å²) in [6.45, 7) is 1.11. The number of aromatic nitrogens is 1. The van der Waals surface area contributed by atoms with E-state index in [2.05, 4.69) is 10.3 Å². The van der Waals surface area contributed by atoms with E-state index in [1.165, 1.54) is 6.08 Å². The zero-order chi connectivity index (χ0) is 19.0. The Morgan fingerprint density at radius 3 is 2.42 bits per heavy atom. The summed E-state index contributed by atoms with van der Waals surface area (Å²) in [7, 11) is 3.74. The molecular weight excluding hydrogens is 367 g/mol. The molecule has 9 heteroatoms. The summed E-state index contributed by atoms with van der Waals surface area (Å²) in [5, 5.41) is 2.96. The van der Waals surface area contributed by atoms with Gasteiger partial charge in [0.2, 0.25) is 5.78 Å². The van der Waals surface area contributed by atoms with Crippen LogP contribution in [0.15, 0.2) is 23.9 Å². The Morgan fingerprint density at radius 1 is 1.15 bits per heavy atom. The van der Waals surface area contributed by atoms with Crippen LogP contribution in [0, 0.1) is 17.5 Å². The fourth-order valence-corrected chi connectivity index (χ4v) is 3.34. The van der Waals surface area contributed by atoms with Gasteiger partial charge in [-0.1, -0.05) is 0 Å². The van der Waals surface area contributed by atoms with Crippen molar-refractivity contribution in [1.29, 1.82) is 0 Å². The van der Waals surface area contributed by atoms with Crippen LogP contribution < -0.4 is 5.32 Å². The van der Waals surface area contributed by atoms with Crippen LogP contribution in [0.4, 0.5) is 13.2 Å². The zero-order valence-corrected chi connectivity index (χ0v) is 14.7. The number of hydrogen-bond acceptors (Lipinski definition) is 6. The molecule has 1 aromatic heterocycles. The number of halogens is 3. The third-order valence-electron chi connectivity index (χ3n) is 3.69. The van der Waals surface area contributed by atoms with Crippen LogP contribution >= 0.6 is 11.3 Å². The highest BCUT2D eigenvalue weighted by molar-refractivity contribution is 7.17. The van der Waals surface area contributed by atoms with Crippen LogP contribution in [0.1, 0.15) is 20.2 Å². The van der Waals surface area contributed by atoms with Crippen LogP contribution in [0.3, 0.4) is 0 Å². The lowest BCUT2D eigenvalue weighted by atomic mass is 10.0. The highest BCUT2D eigenvalue weighted by Crippen LogP contribution is 2.33. The summed E-state index contributed by atoms with van der Waals surface area (Å²) in [4.78, 5) is 30.8. The van der Waals surface area contributed by atoms with E-state index in [0.717, 1.165) is 23.5 Å². The number of thiazole rings is 1. The number of benzene rings is 1. The predicted molar refractivity (Wildman–Crippen MR) is 90.7 cm³/mol. The number of rotatable bonds is 5. The van der Waals surface area contributed by atoms with Gasteiger partial charge in [0, 0.05) is 24.7 Å². The van der Waals surface area contributed by atoms with Gasteiger partial charge in [0.15, 0.2) is 23.2 Å². The third kappa shape index (κ3) is 3.40. The summed E-state index contributed by atoms with van der Waals surface area (Å²) in [5.74, 6) is -5.20. The molecule has 0 spiro atoms. The van der Waals surface area contributed by atoms with Crippen molar-refractivity contribution in [2.24, 2.45) is 0 Å². The lowest BCUT2D eigenvalue weighted by molar-refractivity contribution is 0.0977. The maximum atomic E-state index is 13.4. The molecule has 0 saturated carbocycles. The van der Waals surface area contributed by atoms with E-state index in [4.69, 9.17) is 0 Å². The predicted octanol–water partition coefficient (Wildman–Crippen LogP) is 2.64. The minimum atomic E-state index is -1.59. The van der Waals surface area contributed by atoms with Gasteiger partial charge in [-0.15, -0.1) is 11.3 Å². The molecule has 1 aliphatic rings. The van der Waals surface area contributed by atoms with Crippen molar-refractivity contribution < 1.29 is 22.8 Å². The van der Waals surface area contributed by atoms with Gasteiger partial charge in [0.05, 0.1) is 5.70 Å². The number of ketones is 2. The number of nitrogens with one attached hydrogen (secondary N) is 1. The van der Waals surface area contributed by atoms with Crippen molar-refractivity contribution in [3.05, 3.63) is 51.9 Å². The topological polar surface area (TPSA) is 62.3 Å². The van der Waals surface area contributed by atoms with Gasteiger partial charge in [0.1, 0.15) is 15.6 Å². The van der Waals surface area contributed by atoms with Crippen molar-refractivity contribution in [2.75, 3.05) is 27.2 Å². The van der Waals surface area contributed by atoms with Gasteiger partial charge >= 0.3 is 0 Å². The van der Waals surface area contributed by atoms with E-state index in [9.17, 15) is 22.8 Å². The molecule has 136 valence electrons. The number of hydrogen-bond donors (Lipinski definition) is 1. The molecule has 26 heavy (non-hydrogen) atoms. The number of nitrogens with zero attached hydrogens (tertiary/aromatic N) is 2. The molecule has 2 aromatic rings. The highest BCUT2D eigenvalue weighted by Gasteiger charge is 2.30. The quantitative estimate of drug-likeness (QED) is 0.807. The van der Waals surface area contributed by atoms with Gasteiger partial charge in [-0.25, -0.2) is 18.2 Å². The van der Waals surface area contributed by atoms with Gasteiger partial charge in [-0.2, -0.15) is 0 Å². The molecule has 1 aromatic carbocycles. The Kier molecular flexibility index (Phi) is 4.92. The van der Waals surface area contributed by atoms with Gasteiger partial charge in [-0.05, 0) is 26.2 Å². The largest absolute Gasteiger partial charge is 0.380 e. The Balaban J connectivity index is 1.91. The molecule has 0 aliphatic heterocycles. The summed E-state index contributed by atoms with van der Waals surface area (Å²) in [5.41, 5.74) is 0.0104. The SMILES string of the molecule is CN(C)CCNC1=CC(=O)c2sc(-c3cc(F)c(F)c(F)c3)nc2C1=O. The standard InChI is InChI=1S/C17H14F3N3O2S/c1-23(2)4-3-21-11-7-12(24)16-14(15(11)25)22-17(26-16)8-5-9(18)13(20)10(19)6-8/h5-7,21H,3-4H2,1-2H3. The average molecular weight is 381 g/mol. The minimum absolute atomic E-state index is 0.0384. The fourth-order valence-electron chi connectivity index (χ4n) is 2.38. The monoisotopic (exact) mass is 381 g/mol. The van der Waals surface area contributed by atoms with Crippen molar-refractivity contribution in [3.8, 4) is 10.6 Å². The lowest BCUT2D eigenvalue weighted by Crippen LogP contribution is -2.31. The first-order valence-corrected chi connectivity index (χ1v) is 8.44. The van der Waals surface area contributed by atoms with Gasteiger partial charge in [0.25, 0.3) is 0 Å². The molecule has 0 fully saturated rings.